The van der Waals surface area contributed by atoms with Crippen molar-refractivity contribution in [3.63, 3.8) is 0 Å². The van der Waals surface area contributed by atoms with E-state index in [0.29, 0.717) is 0 Å². The second-order valence-corrected chi connectivity index (χ2v) is 8.72. The zero-order valence-corrected chi connectivity index (χ0v) is 18.3. The molecule has 0 saturated carbocycles. The molecule has 0 aliphatic heterocycles. The normalized spacial score (nSPS) is 11.0. The van der Waals surface area contributed by atoms with Crippen LogP contribution in [-0.4, -0.2) is 5.11 Å². The molecular formula is C22H13Br3O. The van der Waals surface area contributed by atoms with Gasteiger partial charge in [-0.15, -0.1) is 0 Å². The third-order valence-corrected chi connectivity index (χ3v) is 6.03. The van der Waals surface area contributed by atoms with Crippen LogP contribution < -0.4 is 0 Å². The monoisotopic (exact) mass is 530 g/mol. The third kappa shape index (κ3) is 3.34. The van der Waals surface area contributed by atoms with Crippen LogP contribution in [0.2, 0.25) is 0 Å². The van der Waals surface area contributed by atoms with Gasteiger partial charge in [-0.25, -0.2) is 0 Å². The molecule has 0 heterocycles. The average Bonchev–Trinajstić information content (AvgIpc) is 2.64. The summed E-state index contributed by atoms with van der Waals surface area (Å²) in [6.07, 6.45) is 0. The summed E-state index contributed by atoms with van der Waals surface area (Å²) in [6.45, 7) is 0. The van der Waals surface area contributed by atoms with Crippen molar-refractivity contribution in [1.29, 1.82) is 0 Å². The van der Waals surface area contributed by atoms with Crippen LogP contribution in [0.5, 0.6) is 5.75 Å². The topological polar surface area (TPSA) is 20.2 Å². The van der Waals surface area contributed by atoms with Crippen molar-refractivity contribution in [2.24, 2.45) is 0 Å². The molecule has 0 aliphatic carbocycles. The number of fused-ring (bicyclic) bond motifs is 1. The van der Waals surface area contributed by atoms with E-state index in [9.17, 15) is 5.11 Å². The van der Waals surface area contributed by atoms with Gasteiger partial charge < -0.3 is 5.11 Å². The van der Waals surface area contributed by atoms with Crippen LogP contribution in [0, 0.1) is 0 Å². The number of phenols is 1. The first-order chi connectivity index (χ1) is 12.5. The molecule has 0 aromatic heterocycles. The Kier molecular flexibility index (Phi) is 4.91. The fourth-order valence-corrected chi connectivity index (χ4v) is 4.30. The molecule has 0 fully saturated rings. The van der Waals surface area contributed by atoms with Crippen LogP contribution in [-0.2, 0) is 0 Å². The van der Waals surface area contributed by atoms with Crippen LogP contribution in [0.15, 0.2) is 86.2 Å². The Balaban J connectivity index is 2.10. The highest BCUT2D eigenvalue weighted by molar-refractivity contribution is 9.11. The lowest BCUT2D eigenvalue weighted by Gasteiger charge is -2.15. The molecule has 0 atom stereocenters. The molecule has 4 aromatic carbocycles. The third-order valence-electron chi connectivity index (χ3n) is 4.35. The van der Waals surface area contributed by atoms with E-state index in [1.807, 2.05) is 36.4 Å². The molecule has 1 N–H and O–H groups in total. The number of aromatic hydroxyl groups is 1. The molecule has 0 bridgehead atoms. The van der Waals surface area contributed by atoms with Gasteiger partial charge in [0.25, 0.3) is 0 Å². The fourth-order valence-electron chi connectivity index (χ4n) is 3.11. The molecule has 0 aliphatic rings. The van der Waals surface area contributed by atoms with Crippen molar-refractivity contribution < 1.29 is 5.11 Å². The minimum atomic E-state index is 0.260. The second kappa shape index (κ2) is 7.18. The first kappa shape index (κ1) is 17.8. The number of phenolic OH excluding ortho intramolecular Hbond substituents is 1. The average molecular weight is 533 g/mol. The van der Waals surface area contributed by atoms with Crippen molar-refractivity contribution >= 4 is 58.6 Å². The largest absolute Gasteiger partial charge is 0.507 e. The summed E-state index contributed by atoms with van der Waals surface area (Å²) in [7, 11) is 0. The van der Waals surface area contributed by atoms with Gasteiger partial charge in [0.2, 0.25) is 0 Å². The fraction of sp³-hybridized carbons (Fsp3) is 0. The summed E-state index contributed by atoms with van der Waals surface area (Å²) in [5.41, 5.74) is 3.91. The van der Waals surface area contributed by atoms with Gasteiger partial charge in [-0.05, 0) is 76.0 Å². The van der Waals surface area contributed by atoms with Gasteiger partial charge >= 0.3 is 0 Å². The molecule has 0 amide bonds. The Morgan fingerprint density at radius 1 is 0.538 bits per heavy atom. The van der Waals surface area contributed by atoms with Gasteiger partial charge in [0.1, 0.15) is 5.75 Å². The van der Waals surface area contributed by atoms with Gasteiger partial charge in [0.05, 0.1) is 0 Å². The lowest BCUT2D eigenvalue weighted by Crippen LogP contribution is -1.89. The Morgan fingerprint density at radius 2 is 1.08 bits per heavy atom. The first-order valence-electron chi connectivity index (χ1n) is 8.00. The van der Waals surface area contributed by atoms with Crippen LogP contribution in [0.1, 0.15) is 0 Å². The summed E-state index contributed by atoms with van der Waals surface area (Å²) in [5.74, 6) is 0.260. The van der Waals surface area contributed by atoms with E-state index >= 15 is 0 Å². The molecule has 0 spiro atoms. The van der Waals surface area contributed by atoms with E-state index in [2.05, 4.69) is 78.1 Å². The molecule has 128 valence electrons. The quantitative estimate of drug-likeness (QED) is 0.276. The predicted molar refractivity (Wildman–Crippen MR) is 120 cm³/mol. The van der Waals surface area contributed by atoms with Crippen LogP contribution in [0.4, 0.5) is 0 Å². The zero-order valence-electron chi connectivity index (χ0n) is 13.5. The Labute approximate surface area is 177 Å². The summed E-state index contributed by atoms with van der Waals surface area (Å²) >= 11 is 10.8. The molecule has 4 rings (SSSR count). The second-order valence-electron chi connectivity index (χ2n) is 6.03. The summed E-state index contributed by atoms with van der Waals surface area (Å²) in [5, 5.41) is 12.8. The maximum absolute atomic E-state index is 10.5. The number of benzene rings is 4. The molecule has 1 nitrogen and oxygen atoms in total. The SMILES string of the molecule is Oc1ccc(Br)cc1-c1cc2ccccc2cc1-c1cc(Br)ccc1Br. The van der Waals surface area contributed by atoms with E-state index in [0.717, 1.165) is 46.4 Å². The molecule has 0 unspecified atom stereocenters. The first-order valence-corrected chi connectivity index (χ1v) is 10.4. The van der Waals surface area contributed by atoms with Crippen LogP contribution in [0.25, 0.3) is 33.0 Å². The number of hydrogen-bond acceptors (Lipinski definition) is 1. The van der Waals surface area contributed by atoms with Crippen LogP contribution >= 0.6 is 47.8 Å². The molecule has 4 aromatic rings. The molecule has 4 heteroatoms. The van der Waals surface area contributed by atoms with Gasteiger partial charge in [0.15, 0.2) is 0 Å². The molecular weight excluding hydrogens is 520 g/mol. The molecule has 26 heavy (non-hydrogen) atoms. The Bertz CT molecular complexity index is 1050. The van der Waals surface area contributed by atoms with Gasteiger partial charge in [-0.2, -0.15) is 0 Å². The number of hydrogen-bond donors (Lipinski definition) is 1. The highest BCUT2D eigenvalue weighted by atomic mass is 79.9. The van der Waals surface area contributed by atoms with E-state index in [1.54, 1.807) is 6.07 Å². The van der Waals surface area contributed by atoms with E-state index in [-0.39, 0.29) is 5.75 Å². The standard InChI is InChI=1S/C22H13Br3O/c23-15-5-7-21(25)19(11-15)17-9-13-3-1-2-4-14(13)10-18(17)20-12-16(24)6-8-22(20)26/h1-12,26H. The van der Waals surface area contributed by atoms with Crippen molar-refractivity contribution in [2.45, 2.75) is 0 Å². The van der Waals surface area contributed by atoms with Crippen molar-refractivity contribution in [2.75, 3.05) is 0 Å². The van der Waals surface area contributed by atoms with Gasteiger partial charge in [-0.1, -0.05) is 72.1 Å². The Morgan fingerprint density at radius 3 is 1.73 bits per heavy atom. The smallest absolute Gasteiger partial charge is 0.123 e. The summed E-state index contributed by atoms with van der Waals surface area (Å²) in [4.78, 5) is 0. The lowest BCUT2D eigenvalue weighted by atomic mass is 9.91. The lowest BCUT2D eigenvalue weighted by molar-refractivity contribution is 0.477. The van der Waals surface area contributed by atoms with E-state index in [1.165, 1.54) is 0 Å². The predicted octanol–water partition coefficient (Wildman–Crippen LogP) is 8.17. The van der Waals surface area contributed by atoms with Crippen molar-refractivity contribution in [3.05, 3.63) is 86.2 Å². The van der Waals surface area contributed by atoms with Gasteiger partial charge in [-0.3, -0.25) is 0 Å². The zero-order chi connectivity index (χ0) is 18.3. The molecule has 0 saturated heterocycles. The van der Waals surface area contributed by atoms with E-state index < -0.39 is 0 Å². The minimum absolute atomic E-state index is 0.260. The van der Waals surface area contributed by atoms with Gasteiger partial charge in [0, 0.05) is 19.0 Å². The number of halogens is 3. The Hall–Kier alpha value is -1.62. The maximum atomic E-state index is 10.5. The highest BCUT2D eigenvalue weighted by Crippen LogP contribution is 2.43. The van der Waals surface area contributed by atoms with E-state index in [4.69, 9.17) is 0 Å². The van der Waals surface area contributed by atoms with Crippen LogP contribution in [0.3, 0.4) is 0 Å². The van der Waals surface area contributed by atoms with Crippen molar-refractivity contribution in [3.8, 4) is 28.0 Å². The maximum Gasteiger partial charge on any atom is 0.123 e. The minimum Gasteiger partial charge on any atom is -0.507 e. The molecule has 0 radical (unpaired) electrons. The highest BCUT2D eigenvalue weighted by Gasteiger charge is 2.15. The summed E-state index contributed by atoms with van der Waals surface area (Å²) in [6, 6.07) is 24.2. The number of rotatable bonds is 2. The summed E-state index contributed by atoms with van der Waals surface area (Å²) < 4.78 is 2.94. The van der Waals surface area contributed by atoms with Crippen molar-refractivity contribution in [1.82, 2.24) is 0 Å².